The van der Waals surface area contributed by atoms with Crippen molar-refractivity contribution in [1.29, 1.82) is 0 Å². The zero-order chi connectivity index (χ0) is 8.85. The summed E-state index contributed by atoms with van der Waals surface area (Å²) < 4.78 is 0. The van der Waals surface area contributed by atoms with Gasteiger partial charge in [-0.25, -0.2) is 0 Å². The number of nitrogens with zero attached hydrogens (tertiary/aromatic N) is 1. The van der Waals surface area contributed by atoms with Gasteiger partial charge in [0.1, 0.15) is 0 Å². The molecule has 0 heterocycles. The van der Waals surface area contributed by atoms with Crippen LogP contribution in [0, 0.1) is 5.92 Å². The van der Waals surface area contributed by atoms with Gasteiger partial charge in [0, 0.05) is 12.3 Å². The highest BCUT2D eigenvalue weighted by molar-refractivity contribution is 5.77. The fraction of sp³-hybridized carbons (Fsp3) is 0.667. The molecule has 0 aliphatic rings. The van der Waals surface area contributed by atoms with Gasteiger partial charge in [-0.15, -0.1) is 0 Å². The van der Waals surface area contributed by atoms with Crippen molar-refractivity contribution in [3.63, 3.8) is 0 Å². The van der Waals surface area contributed by atoms with E-state index >= 15 is 0 Å². The minimum absolute atomic E-state index is 0.395. The van der Waals surface area contributed by atoms with Gasteiger partial charge in [-0.3, -0.25) is 0 Å². The maximum Gasteiger partial charge on any atom is 0.0496 e. The Morgan fingerprint density at radius 3 is 2.27 bits per heavy atom. The molecule has 0 saturated heterocycles. The normalized spacial score (nSPS) is 11.5. The first-order chi connectivity index (χ1) is 5.04. The van der Waals surface area contributed by atoms with Crippen molar-refractivity contribution in [3.8, 4) is 0 Å². The van der Waals surface area contributed by atoms with Crippen molar-refractivity contribution in [2.45, 2.75) is 33.7 Å². The minimum atomic E-state index is 0.395. The van der Waals surface area contributed by atoms with Crippen molar-refractivity contribution in [3.05, 3.63) is 12.2 Å². The molecule has 2 heteroatoms. The number of allylic oxidation sites excluding steroid dienone is 1. The van der Waals surface area contributed by atoms with Gasteiger partial charge in [0.2, 0.25) is 0 Å². The van der Waals surface area contributed by atoms with E-state index in [1.54, 1.807) is 6.21 Å². The van der Waals surface area contributed by atoms with Crippen LogP contribution in [-0.4, -0.2) is 12.3 Å². The van der Waals surface area contributed by atoms with Gasteiger partial charge in [0.15, 0.2) is 0 Å². The Hall–Kier alpha value is -0.790. The summed E-state index contributed by atoms with van der Waals surface area (Å²) in [6.45, 7) is 12.2. The van der Waals surface area contributed by atoms with Gasteiger partial charge >= 0.3 is 0 Å². The summed E-state index contributed by atoms with van der Waals surface area (Å²) in [4.78, 5) is 0. The zero-order valence-electron chi connectivity index (χ0n) is 7.89. The van der Waals surface area contributed by atoms with E-state index in [1.165, 1.54) is 0 Å². The molecule has 0 spiro atoms. The van der Waals surface area contributed by atoms with Gasteiger partial charge < -0.3 is 5.43 Å². The summed E-state index contributed by atoms with van der Waals surface area (Å²) in [5.74, 6) is 0.479. The van der Waals surface area contributed by atoms with Crippen LogP contribution in [0.1, 0.15) is 27.7 Å². The van der Waals surface area contributed by atoms with Crippen LogP contribution in [0.2, 0.25) is 0 Å². The van der Waals surface area contributed by atoms with Crippen LogP contribution in [0.3, 0.4) is 0 Å². The molecule has 0 aromatic rings. The predicted octanol–water partition coefficient (Wildman–Crippen LogP) is 2.18. The van der Waals surface area contributed by atoms with Crippen LogP contribution in [0.25, 0.3) is 0 Å². The molecular formula is C9H18N2. The summed E-state index contributed by atoms with van der Waals surface area (Å²) in [5, 5.41) is 4.02. The molecule has 0 rings (SSSR count). The largest absolute Gasteiger partial charge is 0.308 e. The lowest BCUT2D eigenvalue weighted by atomic mass is 10.1. The average molecular weight is 154 g/mol. The first kappa shape index (κ1) is 10.2. The maximum atomic E-state index is 4.02. The third-order valence-electron chi connectivity index (χ3n) is 1.30. The highest BCUT2D eigenvalue weighted by Crippen LogP contribution is 2.02. The molecule has 0 aliphatic heterocycles. The van der Waals surface area contributed by atoms with E-state index in [-0.39, 0.29) is 0 Å². The lowest BCUT2D eigenvalue weighted by Gasteiger charge is -2.04. The molecule has 0 saturated carbocycles. The van der Waals surface area contributed by atoms with E-state index in [9.17, 15) is 0 Å². The first-order valence-corrected chi connectivity index (χ1v) is 4.01. The SMILES string of the molecule is C=C(C=NNC(C)C)C(C)C. The van der Waals surface area contributed by atoms with Gasteiger partial charge in [0.25, 0.3) is 0 Å². The summed E-state index contributed by atoms with van der Waals surface area (Å²) in [5.41, 5.74) is 3.99. The molecule has 0 amide bonds. The van der Waals surface area contributed by atoms with Crippen molar-refractivity contribution in [1.82, 2.24) is 5.43 Å². The van der Waals surface area contributed by atoms with E-state index in [1.807, 2.05) is 0 Å². The van der Waals surface area contributed by atoms with Crippen LogP contribution in [0.15, 0.2) is 17.3 Å². The molecule has 0 aromatic heterocycles. The Morgan fingerprint density at radius 1 is 1.36 bits per heavy atom. The quantitative estimate of drug-likeness (QED) is 0.487. The Balaban J connectivity index is 3.66. The number of nitrogens with one attached hydrogen (secondary N) is 1. The molecule has 0 atom stereocenters. The second kappa shape index (κ2) is 4.94. The van der Waals surface area contributed by atoms with Crippen LogP contribution in [-0.2, 0) is 0 Å². The summed E-state index contributed by atoms with van der Waals surface area (Å²) in [6, 6.07) is 0.395. The molecule has 0 bridgehead atoms. The summed E-state index contributed by atoms with van der Waals surface area (Å²) in [7, 11) is 0. The Kier molecular flexibility index (Phi) is 4.59. The third kappa shape index (κ3) is 5.64. The topological polar surface area (TPSA) is 24.4 Å². The lowest BCUT2D eigenvalue weighted by molar-refractivity contribution is 0.621. The molecule has 0 radical (unpaired) electrons. The Labute approximate surface area is 69.4 Å². The standard InChI is InChI=1S/C9H18N2/c1-7(2)9(5)6-10-11-8(3)4/h6-8,11H,5H2,1-4H3. The molecule has 0 aromatic carbocycles. The number of hydrogen-bond donors (Lipinski definition) is 1. The fourth-order valence-corrected chi connectivity index (χ4v) is 0.418. The first-order valence-electron chi connectivity index (χ1n) is 4.01. The fourth-order valence-electron chi connectivity index (χ4n) is 0.418. The highest BCUT2D eigenvalue weighted by Gasteiger charge is 1.94. The third-order valence-corrected chi connectivity index (χ3v) is 1.30. The van der Waals surface area contributed by atoms with Gasteiger partial charge in [-0.05, 0) is 25.3 Å². The smallest absolute Gasteiger partial charge is 0.0496 e. The lowest BCUT2D eigenvalue weighted by Crippen LogP contribution is -2.16. The Morgan fingerprint density at radius 2 is 1.91 bits per heavy atom. The van der Waals surface area contributed by atoms with Gasteiger partial charge in [0.05, 0.1) is 0 Å². The summed E-state index contributed by atoms with van der Waals surface area (Å²) >= 11 is 0. The number of hydrazone groups is 1. The van der Waals surface area contributed by atoms with E-state index in [0.717, 1.165) is 5.57 Å². The molecular weight excluding hydrogens is 136 g/mol. The molecule has 2 nitrogen and oxygen atoms in total. The van der Waals surface area contributed by atoms with Crippen molar-refractivity contribution >= 4 is 6.21 Å². The van der Waals surface area contributed by atoms with Crippen molar-refractivity contribution in [2.75, 3.05) is 0 Å². The highest BCUT2D eigenvalue weighted by atomic mass is 15.3. The van der Waals surface area contributed by atoms with Crippen molar-refractivity contribution < 1.29 is 0 Å². The predicted molar refractivity (Wildman–Crippen MR) is 50.7 cm³/mol. The second-order valence-corrected chi connectivity index (χ2v) is 3.27. The van der Waals surface area contributed by atoms with E-state index in [2.05, 4.69) is 44.8 Å². The molecule has 0 aliphatic carbocycles. The van der Waals surface area contributed by atoms with Crippen LogP contribution in [0.4, 0.5) is 0 Å². The average Bonchev–Trinajstić information content (AvgIpc) is 1.86. The molecule has 0 fully saturated rings. The van der Waals surface area contributed by atoms with Crippen LogP contribution >= 0.6 is 0 Å². The molecule has 11 heavy (non-hydrogen) atoms. The Bertz CT molecular complexity index is 146. The summed E-state index contributed by atoms with van der Waals surface area (Å²) in [6.07, 6.45) is 1.78. The minimum Gasteiger partial charge on any atom is -0.308 e. The van der Waals surface area contributed by atoms with Crippen LogP contribution in [0.5, 0.6) is 0 Å². The van der Waals surface area contributed by atoms with Gasteiger partial charge in [-0.2, -0.15) is 5.10 Å². The van der Waals surface area contributed by atoms with E-state index in [0.29, 0.717) is 12.0 Å². The van der Waals surface area contributed by atoms with Gasteiger partial charge in [-0.1, -0.05) is 20.4 Å². The zero-order valence-corrected chi connectivity index (χ0v) is 7.89. The van der Waals surface area contributed by atoms with E-state index in [4.69, 9.17) is 0 Å². The van der Waals surface area contributed by atoms with Crippen LogP contribution < -0.4 is 5.43 Å². The van der Waals surface area contributed by atoms with E-state index < -0.39 is 0 Å². The second-order valence-electron chi connectivity index (χ2n) is 3.27. The number of hydrogen-bond acceptors (Lipinski definition) is 2. The molecule has 1 N–H and O–H groups in total. The molecule has 0 unspecified atom stereocenters. The monoisotopic (exact) mass is 154 g/mol. The number of rotatable bonds is 4. The molecule has 64 valence electrons. The van der Waals surface area contributed by atoms with Crippen molar-refractivity contribution in [2.24, 2.45) is 11.0 Å². The maximum absolute atomic E-state index is 4.02.